The molecule has 2 aliphatic rings. The number of hydrazone groups is 1. The molecular formula is C24H29N3O4. The van der Waals surface area contributed by atoms with Gasteiger partial charge in [0, 0.05) is 23.6 Å². The monoisotopic (exact) mass is 423 g/mol. The molecule has 1 saturated carbocycles. The van der Waals surface area contributed by atoms with Gasteiger partial charge in [0.25, 0.3) is 11.8 Å². The van der Waals surface area contributed by atoms with E-state index in [0.29, 0.717) is 23.5 Å². The maximum atomic E-state index is 12.9. The summed E-state index contributed by atoms with van der Waals surface area (Å²) in [6.45, 7) is 1.89. The zero-order valence-corrected chi connectivity index (χ0v) is 18.1. The van der Waals surface area contributed by atoms with Crippen LogP contribution >= 0.6 is 0 Å². The fourth-order valence-corrected chi connectivity index (χ4v) is 4.51. The van der Waals surface area contributed by atoms with E-state index in [1.807, 2.05) is 13.0 Å². The number of fused-ring (bicyclic) bond motifs is 1. The Morgan fingerprint density at radius 3 is 2.61 bits per heavy atom. The summed E-state index contributed by atoms with van der Waals surface area (Å²) in [7, 11) is 1.53. The third-order valence-corrected chi connectivity index (χ3v) is 6.12. The van der Waals surface area contributed by atoms with Crippen LogP contribution in [0.3, 0.4) is 0 Å². The van der Waals surface area contributed by atoms with Gasteiger partial charge in [-0.15, -0.1) is 0 Å². The Labute approximate surface area is 182 Å². The molecule has 2 aliphatic carbocycles. The summed E-state index contributed by atoms with van der Waals surface area (Å²) in [5, 5.41) is 7.52. The van der Waals surface area contributed by atoms with Gasteiger partial charge in [-0.3, -0.25) is 9.59 Å². The van der Waals surface area contributed by atoms with Crippen molar-refractivity contribution in [2.45, 2.75) is 64.3 Å². The number of hydrogen-bond donors (Lipinski definition) is 2. The van der Waals surface area contributed by atoms with Crippen molar-refractivity contribution in [2.75, 3.05) is 7.11 Å². The van der Waals surface area contributed by atoms with Crippen LogP contribution in [0.1, 0.15) is 82.7 Å². The SMILES string of the molecule is COc1ccccc1C(=O)N/N=C1\CCCc2oc(C(=O)NC3CCCCC3)c(C)c21. The number of rotatable bonds is 5. The topological polar surface area (TPSA) is 92.9 Å². The van der Waals surface area contributed by atoms with Crippen LogP contribution in [0.5, 0.6) is 5.75 Å². The predicted molar refractivity (Wildman–Crippen MR) is 118 cm³/mol. The number of carbonyl (C=O) groups is 2. The van der Waals surface area contributed by atoms with Crippen molar-refractivity contribution in [1.29, 1.82) is 0 Å². The van der Waals surface area contributed by atoms with Gasteiger partial charge in [0.05, 0.1) is 18.4 Å². The van der Waals surface area contributed by atoms with Gasteiger partial charge in [-0.2, -0.15) is 5.10 Å². The summed E-state index contributed by atoms with van der Waals surface area (Å²) in [5.41, 5.74) is 5.43. The van der Waals surface area contributed by atoms with Crippen LogP contribution in [0.2, 0.25) is 0 Å². The third-order valence-electron chi connectivity index (χ3n) is 6.12. The van der Waals surface area contributed by atoms with Crippen molar-refractivity contribution in [1.82, 2.24) is 10.7 Å². The molecule has 0 unspecified atom stereocenters. The first kappa shape index (κ1) is 21.2. The number of ether oxygens (including phenoxy) is 1. The van der Waals surface area contributed by atoms with Gasteiger partial charge in [-0.1, -0.05) is 31.4 Å². The third kappa shape index (κ3) is 4.50. The Hall–Kier alpha value is -3.09. The maximum Gasteiger partial charge on any atom is 0.287 e. The number of furan rings is 1. The van der Waals surface area contributed by atoms with Gasteiger partial charge < -0.3 is 14.5 Å². The van der Waals surface area contributed by atoms with E-state index >= 15 is 0 Å². The van der Waals surface area contributed by atoms with Crippen molar-refractivity contribution >= 4 is 17.5 Å². The molecule has 0 radical (unpaired) electrons. The summed E-state index contributed by atoms with van der Waals surface area (Å²) >= 11 is 0. The van der Waals surface area contributed by atoms with E-state index in [0.717, 1.165) is 61.1 Å². The zero-order valence-electron chi connectivity index (χ0n) is 18.1. The zero-order chi connectivity index (χ0) is 21.8. The van der Waals surface area contributed by atoms with Crippen LogP contribution in [-0.4, -0.2) is 30.7 Å². The lowest BCUT2D eigenvalue weighted by molar-refractivity contribution is 0.0895. The summed E-state index contributed by atoms with van der Waals surface area (Å²) in [6, 6.07) is 7.23. The van der Waals surface area contributed by atoms with Gasteiger partial charge in [0.1, 0.15) is 11.5 Å². The average Bonchev–Trinajstić information content (AvgIpc) is 3.15. The van der Waals surface area contributed by atoms with E-state index < -0.39 is 0 Å². The molecule has 7 heteroatoms. The molecular weight excluding hydrogens is 394 g/mol. The number of benzene rings is 1. The largest absolute Gasteiger partial charge is 0.496 e. The molecule has 0 bridgehead atoms. The Balaban J connectivity index is 1.53. The quantitative estimate of drug-likeness (QED) is 0.707. The lowest BCUT2D eigenvalue weighted by Crippen LogP contribution is -2.36. The number of methoxy groups -OCH3 is 1. The Kier molecular flexibility index (Phi) is 6.39. The summed E-state index contributed by atoms with van der Waals surface area (Å²) in [6.07, 6.45) is 7.91. The molecule has 0 aliphatic heterocycles. The molecule has 1 aromatic heterocycles. The summed E-state index contributed by atoms with van der Waals surface area (Å²) in [5.74, 6) is 1.12. The van der Waals surface area contributed by atoms with Crippen LogP contribution in [0.15, 0.2) is 33.8 Å². The van der Waals surface area contributed by atoms with Crippen molar-refractivity contribution in [2.24, 2.45) is 5.10 Å². The van der Waals surface area contributed by atoms with Crippen LogP contribution in [0.25, 0.3) is 0 Å². The van der Waals surface area contributed by atoms with Crippen molar-refractivity contribution in [3.8, 4) is 5.75 Å². The number of amides is 2. The molecule has 164 valence electrons. The molecule has 0 spiro atoms. The number of para-hydroxylation sites is 1. The second-order valence-corrected chi connectivity index (χ2v) is 8.22. The molecule has 2 N–H and O–H groups in total. The number of nitrogens with zero attached hydrogens (tertiary/aromatic N) is 1. The lowest BCUT2D eigenvalue weighted by atomic mass is 9.93. The smallest absolute Gasteiger partial charge is 0.287 e. The lowest BCUT2D eigenvalue weighted by Gasteiger charge is -2.22. The predicted octanol–water partition coefficient (Wildman–Crippen LogP) is 4.13. The Morgan fingerprint density at radius 1 is 1.06 bits per heavy atom. The molecule has 0 saturated heterocycles. The molecule has 31 heavy (non-hydrogen) atoms. The van der Waals surface area contributed by atoms with Gasteiger partial charge in [-0.25, -0.2) is 5.43 Å². The molecule has 0 atom stereocenters. The highest BCUT2D eigenvalue weighted by Crippen LogP contribution is 2.30. The molecule has 4 rings (SSSR count). The standard InChI is InChI=1S/C24H29N3O4/c1-15-21-18(26-27-23(28)17-11-6-7-13-19(17)30-2)12-8-14-20(21)31-22(15)24(29)25-16-9-4-3-5-10-16/h6-7,11,13,16H,3-5,8-10,12,14H2,1-2H3,(H,25,29)(H,27,28)/b26-18+. The Bertz CT molecular complexity index is 1000. The fourth-order valence-electron chi connectivity index (χ4n) is 4.51. The highest BCUT2D eigenvalue weighted by atomic mass is 16.5. The summed E-state index contributed by atoms with van der Waals surface area (Å²) in [4.78, 5) is 25.5. The Morgan fingerprint density at radius 2 is 1.84 bits per heavy atom. The van der Waals surface area contributed by atoms with E-state index in [2.05, 4.69) is 15.8 Å². The van der Waals surface area contributed by atoms with Crippen LogP contribution < -0.4 is 15.5 Å². The normalized spacial score (nSPS) is 17.8. The molecule has 2 amide bonds. The highest BCUT2D eigenvalue weighted by molar-refractivity contribution is 6.07. The first-order valence-electron chi connectivity index (χ1n) is 11.0. The van der Waals surface area contributed by atoms with E-state index in [-0.39, 0.29) is 17.9 Å². The minimum Gasteiger partial charge on any atom is -0.496 e. The second-order valence-electron chi connectivity index (χ2n) is 8.22. The van der Waals surface area contributed by atoms with Gasteiger partial charge in [-0.05, 0) is 44.7 Å². The van der Waals surface area contributed by atoms with Gasteiger partial charge in [0.2, 0.25) is 0 Å². The average molecular weight is 424 g/mol. The molecule has 1 aromatic carbocycles. The van der Waals surface area contributed by atoms with E-state index in [4.69, 9.17) is 9.15 Å². The number of carbonyl (C=O) groups excluding carboxylic acids is 2. The molecule has 1 fully saturated rings. The van der Waals surface area contributed by atoms with Gasteiger partial charge in [0.15, 0.2) is 5.76 Å². The fraction of sp³-hybridized carbons (Fsp3) is 0.458. The molecule has 1 heterocycles. The van der Waals surface area contributed by atoms with Crippen molar-refractivity contribution < 1.29 is 18.7 Å². The minimum absolute atomic E-state index is 0.156. The van der Waals surface area contributed by atoms with Crippen LogP contribution in [0, 0.1) is 6.92 Å². The van der Waals surface area contributed by atoms with E-state index in [9.17, 15) is 9.59 Å². The number of nitrogens with one attached hydrogen (secondary N) is 2. The first-order chi connectivity index (χ1) is 15.1. The number of hydrogen-bond acceptors (Lipinski definition) is 5. The van der Waals surface area contributed by atoms with Crippen molar-refractivity contribution in [3.05, 3.63) is 52.5 Å². The van der Waals surface area contributed by atoms with E-state index in [1.165, 1.54) is 13.5 Å². The molecule has 2 aromatic rings. The van der Waals surface area contributed by atoms with E-state index in [1.54, 1.807) is 18.2 Å². The number of aryl methyl sites for hydroxylation is 1. The van der Waals surface area contributed by atoms with Gasteiger partial charge >= 0.3 is 0 Å². The minimum atomic E-state index is -0.339. The maximum absolute atomic E-state index is 12.9. The second kappa shape index (κ2) is 9.37. The van der Waals surface area contributed by atoms with Crippen molar-refractivity contribution in [3.63, 3.8) is 0 Å². The molecule has 7 nitrogen and oxygen atoms in total. The van der Waals surface area contributed by atoms with Crippen LogP contribution in [0.4, 0.5) is 0 Å². The van der Waals surface area contributed by atoms with Crippen LogP contribution in [-0.2, 0) is 6.42 Å². The summed E-state index contributed by atoms with van der Waals surface area (Å²) < 4.78 is 11.2. The first-order valence-corrected chi connectivity index (χ1v) is 11.0. The highest BCUT2D eigenvalue weighted by Gasteiger charge is 2.29.